The number of allylic oxidation sites excluding steroid dienone is 4. The molecule has 0 atom stereocenters. The van der Waals surface area contributed by atoms with E-state index in [-0.39, 0.29) is 11.5 Å². The molecule has 152 valence electrons. The first-order valence-electron chi connectivity index (χ1n) is 11.0. The van der Waals surface area contributed by atoms with E-state index in [9.17, 15) is 10.2 Å². The smallest absolute Gasteiger partial charge is 0.119 e. The van der Waals surface area contributed by atoms with Gasteiger partial charge >= 0.3 is 0 Å². The third kappa shape index (κ3) is 14.1. The lowest BCUT2D eigenvalue weighted by Crippen LogP contribution is -1.86. The number of rotatable bonds is 16. The summed E-state index contributed by atoms with van der Waals surface area (Å²) in [5.74, 6) is 0.309. The molecule has 0 bridgehead atoms. The summed E-state index contributed by atoms with van der Waals surface area (Å²) in [6, 6.07) is 4.87. The van der Waals surface area contributed by atoms with Crippen LogP contribution in [0.4, 0.5) is 0 Å². The van der Waals surface area contributed by atoms with E-state index >= 15 is 0 Å². The molecule has 0 aliphatic heterocycles. The average molecular weight is 373 g/mol. The van der Waals surface area contributed by atoms with Gasteiger partial charge in [0.15, 0.2) is 0 Å². The topological polar surface area (TPSA) is 40.5 Å². The number of phenols is 2. The van der Waals surface area contributed by atoms with Crippen LogP contribution in [0.1, 0.15) is 96.0 Å². The van der Waals surface area contributed by atoms with Crippen molar-refractivity contribution in [1.29, 1.82) is 0 Å². The summed E-state index contributed by atoms with van der Waals surface area (Å²) < 4.78 is 0. The van der Waals surface area contributed by atoms with Gasteiger partial charge in [-0.15, -0.1) is 0 Å². The van der Waals surface area contributed by atoms with Gasteiger partial charge in [-0.1, -0.05) is 76.2 Å². The van der Waals surface area contributed by atoms with Gasteiger partial charge in [-0.05, 0) is 62.6 Å². The molecule has 0 radical (unpaired) electrons. The van der Waals surface area contributed by atoms with E-state index in [0.29, 0.717) is 0 Å². The Labute approximate surface area is 167 Å². The summed E-state index contributed by atoms with van der Waals surface area (Å²) in [5.41, 5.74) is 1.02. The molecule has 0 unspecified atom stereocenters. The number of hydrogen-bond donors (Lipinski definition) is 2. The van der Waals surface area contributed by atoms with Crippen molar-refractivity contribution in [3.63, 3.8) is 0 Å². The second-order valence-electron chi connectivity index (χ2n) is 7.55. The number of benzene rings is 1. The van der Waals surface area contributed by atoms with Crippen LogP contribution in [-0.2, 0) is 6.42 Å². The number of hydrogen-bond acceptors (Lipinski definition) is 2. The lowest BCUT2D eigenvalue weighted by Gasteiger charge is -2.04. The molecule has 1 aromatic carbocycles. The fourth-order valence-corrected chi connectivity index (χ4v) is 3.29. The van der Waals surface area contributed by atoms with Crippen molar-refractivity contribution in [2.24, 2.45) is 0 Å². The highest BCUT2D eigenvalue weighted by Crippen LogP contribution is 2.22. The molecule has 1 rings (SSSR count). The minimum Gasteiger partial charge on any atom is -0.508 e. The molecule has 0 aliphatic carbocycles. The monoisotopic (exact) mass is 372 g/mol. The highest BCUT2D eigenvalue weighted by atomic mass is 16.3. The van der Waals surface area contributed by atoms with Crippen molar-refractivity contribution in [2.75, 3.05) is 0 Å². The van der Waals surface area contributed by atoms with Crippen LogP contribution in [0.25, 0.3) is 0 Å². The normalized spacial score (nSPS) is 11.7. The van der Waals surface area contributed by atoms with Crippen LogP contribution in [0.3, 0.4) is 0 Å². The Kier molecular flexibility index (Phi) is 14.2. The van der Waals surface area contributed by atoms with Crippen LogP contribution >= 0.6 is 0 Å². The summed E-state index contributed by atoms with van der Waals surface area (Å²) >= 11 is 0. The highest BCUT2D eigenvalue weighted by molar-refractivity contribution is 5.36. The van der Waals surface area contributed by atoms with Crippen LogP contribution in [0, 0.1) is 0 Å². The van der Waals surface area contributed by atoms with Gasteiger partial charge in [0, 0.05) is 6.07 Å². The van der Waals surface area contributed by atoms with E-state index in [1.165, 1.54) is 76.7 Å². The van der Waals surface area contributed by atoms with Crippen LogP contribution in [0.5, 0.6) is 11.5 Å². The zero-order chi connectivity index (χ0) is 19.6. The summed E-state index contributed by atoms with van der Waals surface area (Å²) in [6.07, 6.45) is 26.6. The first-order valence-corrected chi connectivity index (χ1v) is 11.0. The Balaban J connectivity index is 1.87. The van der Waals surface area contributed by atoms with Gasteiger partial charge in [0.1, 0.15) is 11.5 Å². The molecule has 0 amide bonds. The second kappa shape index (κ2) is 16.5. The number of aryl methyl sites for hydroxylation is 1. The second-order valence-corrected chi connectivity index (χ2v) is 7.55. The lowest BCUT2D eigenvalue weighted by molar-refractivity contribution is 0.449. The highest BCUT2D eigenvalue weighted by Gasteiger charge is 1.99. The SMILES string of the molecule is CCCCCC=CCC=CCCCCCCCCCc1cc(O)cc(O)c1. The summed E-state index contributed by atoms with van der Waals surface area (Å²) in [6.45, 7) is 2.25. The molecule has 2 nitrogen and oxygen atoms in total. The van der Waals surface area contributed by atoms with E-state index in [2.05, 4.69) is 31.2 Å². The minimum atomic E-state index is 0.155. The van der Waals surface area contributed by atoms with Gasteiger partial charge in [-0.3, -0.25) is 0 Å². The Morgan fingerprint density at radius 1 is 0.630 bits per heavy atom. The van der Waals surface area contributed by atoms with Crippen molar-refractivity contribution in [3.05, 3.63) is 48.1 Å². The molecule has 0 fully saturated rings. The number of phenolic OH excluding ortho intramolecular Hbond substituents is 2. The first kappa shape index (κ1) is 23.3. The van der Waals surface area contributed by atoms with E-state index in [1.807, 2.05) is 0 Å². The Morgan fingerprint density at radius 3 is 1.74 bits per heavy atom. The van der Waals surface area contributed by atoms with E-state index in [1.54, 1.807) is 12.1 Å². The molecular formula is C25H40O2. The van der Waals surface area contributed by atoms with Gasteiger partial charge in [-0.25, -0.2) is 0 Å². The Bertz CT molecular complexity index is 511. The quantitative estimate of drug-likeness (QED) is 0.229. The van der Waals surface area contributed by atoms with E-state index < -0.39 is 0 Å². The third-order valence-corrected chi connectivity index (χ3v) is 4.88. The van der Waals surface area contributed by atoms with Gasteiger partial charge in [0.2, 0.25) is 0 Å². The molecule has 2 heteroatoms. The molecule has 0 aliphatic rings. The summed E-state index contributed by atoms with van der Waals surface area (Å²) in [5, 5.41) is 18.9. The maximum atomic E-state index is 9.47. The Morgan fingerprint density at radius 2 is 1.15 bits per heavy atom. The van der Waals surface area contributed by atoms with Crippen LogP contribution in [0.15, 0.2) is 42.5 Å². The molecule has 0 heterocycles. The number of aromatic hydroxyl groups is 2. The largest absolute Gasteiger partial charge is 0.508 e. The zero-order valence-electron chi connectivity index (χ0n) is 17.3. The minimum absolute atomic E-state index is 0.155. The number of unbranched alkanes of at least 4 members (excludes halogenated alkanes) is 10. The van der Waals surface area contributed by atoms with Crippen molar-refractivity contribution in [3.8, 4) is 11.5 Å². The zero-order valence-corrected chi connectivity index (χ0v) is 17.3. The van der Waals surface area contributed by atoms with Gasteiger partial charge in [0.05, 0.1) is 0 Å². The van der Waals surface area contributed by atoms with Crippen molar-refractivity contribution >= 4 is 0 Å². The van der Waals surface area contributed by atoms with Crippen LogP contribution in [0.2, 0.25) is 0 Å². The fourth-order valence-electron chi connectivity index (χ4n) is 3.29. The molecule has 1 aromatic rings. The van der Waals surface area contributed by atoms with Crippen molar-refractivity contribution < 1.29 is 10.2 Å². The summed E-state index contributed by atoms with van der Waals surface area (Å²) in [7, 11) is 0. The predicted molar refractivity (Wildman–Crippen MR) is 117 cm³/mol. The fraction of sp³-hybridized carbons (Fsp3) is 0.600. The van der Waals surface area contributed by atoms with Gasteiger partial charge < -0.3 is 10.2 Å². The maximum absolute atomic E-state index is 9.47. The first-order chi connectivity index (χ1) is 13.2. The van der Waals surface area contributed by atoms with Crippen molar-refractivity contribution in [1.82, 2.24) is 0 Å². The molecule has 0 saturated carbocycles. The van der Waals surface area contributed by atoms with Crippen LogP contribution in [-0.4, -0.2) is 10.2 Å². The average Bonchev–Trinajstić information content (AvgIpc) is 2.63. The molecular weight excluding hydrogens is 332 g/mol. The summed E-state index contributed by atoms with van der Waals surface area (Å²) in [4.78, 5) is 0. The standard InChI is InChI=1S/C25H40O2/c1-2-3-4-5-6-7-8-9-10-11-12-13-14-15-16-17-18-19-23-20-24(26)22-25(27)21-23/h6-7,9-10,20-22,26-27H,2-5,8,11-19H2,1H3. The third-order valence-electron chi connectivity index (χ3n) is 4.88. The van der Waals surface area contributed by atoms with E-state index in [0.717, 1.165) is 24.8 Å². The molecule has 27 heavy (non-hydrogen) atoms. The Hall–Kier alpha value is -1.70. The predicted octanol–water partition coefficient (Wildman–Crippen LogP) is 7.84. The van der Waals surface area contributed by atoms with Gasteiger partial charge in [-0.2, -0.15) is 0 Å². The molecule has 0 saturated heterocycles. The lowest BCUT2D eigenvalue weighted by atomic mass is 10.0. The maximum Gasteiger partial charge on any atom is 0.119 e. The molecule has 2 N–H and O–H groups in total. The van der Waals surface area contributed by atoms with Gasteiger partial charge in [0.25, 0.3) is 0 Å². The molecule has 0 spiro atoms. The molecule has 0 aromatic heterocycles. The van der Waals surface area contributed by atoms with E-state index in [4.69, 9.17) is 0 Å². The van der Waals surface area contributed by atoms with Crippen LogP contribution < -0.4 is 0 Å². The van der Waals surface area contributed by atoms with Crippen molar-refractivity contribution in [2.45, 2.75) is 96.8 Å².